The van der Waals surface area contributed by atoms with Crippen molar-refractivity contribution in [2.45, 2.75) is 32.7 Å². The van der Waals surface area contributed by atoms with Gasteiger partial charge in [0.2, 0.25) is 5.91 Å². The highest BCUT2D eigenvalue weighted by molar-refractivity contribution is 5.79. The van der Waals surface area contributed by atoms with Gasteiger partial charge in [-0.3, -0.25) is 4.79 Å². The fourth-order valence-electron chi connectivity index (χ4n) is 1.72. The minimum atomic E-state index is -0.162. The van der Waals surface area contributed by atoms with E-state index in [9.17, 15) is 4.79 Å². The average Bonchev–Trinajstić information content (AvgIpc) is 2.38. The van der Waals surface area contributed by atoms with Gasteiger partial charge in [0.15, 0.2) is 0 Å². The van der Waals surface area contributed by atoms with Crippen LogP contribution in [-0.4, -0.2) is 30.8 Å². The second kappa shape index (κ2) is 7.01. The molecule has 0 saturated carbocycles. The molecule has 0 fully saturated rings. The average molecular weight is 251 g/mol. The lowest BCUT2D eigenvalue weighted by molar-refractivity contribution is -0.121. The predicted molar refractivity (Wildman–Crippen MR) is 70.7 cm³/mol. The molecule has 100 valence electrons. The van der Waals surface area contributed by atoms with E-state index in [0.717, 1.165) is 23.3 Å². The van der Waals surface area contributed by atoms with Crippen LogP contribution < -0.4 is 10.1 Å². The zero-order valence-corrected chi connectivity index (χ0v) is 11.2. The molecule has 0 saturated heterocycles. The highest BCUT2D eigenvalue weighted by atomic mass is 16.5. The molecule has 4 heteroatoms. The smallest absolute Gasteiger partial charge is 0.224 e. The molecule has 1 atom stereocenters. The summed E-state index contributed by atoms with van der Waals surface area (Å²) in [6, 6.07) is 5.56. The summed E-state index contributed by atoms with van der Waals surface area (Å²) in [5, 5.41) is 11.8. The Morgan fingerprint density at radius 3 is 2.78 bits per heavy atom. The zero-order chi connectivity index (χ0) is 13.5. The summed E-state index contributed by atoms with van der Waals surface area (Å²) in [6.45, 7) is 3.86. The van der Waals surface area contributed by atoms with Crippen LogP contribution in [-0.2, 0) is 11.2 Å². The minimum absolute atomic E-state index is 0.0283. The molecule has 0 radical (unpaired) electrons. The molecule has 0 unspecified atom stereocenters. The van der Waals surface area contributed by atoms with Crippen LogP contribution in [0.3, 0.4) is 0 Å². The summed E-state index contributed by atoms with van der Waals surface area (Å²) < 4.78 is 5.22. The van der Waals surface area contributed by atoms with E-state index in [2.05, 4.69) is 5.32 Å². The maximum absolute atomic E-state index is 11.8. The molecule has 2 N–H and O–H groups in total. The number of carbonyl (C=O) groups is 1. The van der Waals surface area contributed by atoms with Crippen LogP contribution in [0.1, 0.15) is 24.5 Å². The summed E-state index contributed by atoms with van der Waals surface area (Å²) in [5.74, 6) is 0.705. The number of amides is 1. The third kappa shape index (κ3) is 4.04. The number of nitrogens with one attached hydrogen (secondary N) is 1. The first-order valence-electron chi connectivity index (χ1n) is 6.14. The number of methoxy groups -OCH3 is 1. The zero-order valence-electron chi connectivity index (χ0n) is 11.2. The van der Waals surface area contributed by atoms with E-state index < -0.39 is 0 Å². The second-order valence-electron chi connectivity index (χ2n) is 4.34. The van der Waals surface area contributed by atoms with E-state index in [0.29, 0.717) is 6.42 Å². The maximum atomic E-state index is 11.8. The van der Waals surface area contributed by atoms with Gasteiger partial charge in [0.25, 0.3) is 0 Å². The molecule has 1 aromatic carbocycles. The maximum Gasteiger partial charge on any atom is 0.224 e. The van der Waals surface area contributed by atoms with E-state index in [4.69, 9.17) is 9.84 Å². The number of benzene rings is 1. The molecule has 0 spiro atoms. The van der Waals surface area contributed by atoms with Crippen molar-refractivity contribution in [3.63, 3.8) is 0 Å². The van der Waals surface area contributed by atoms with Gasteiger partial charge in [0, 0.05) is 0 Å². The second-order valence-corrected chi connectivity index (χ2v) is 4.34. The summed E-state index contributed by atoms with van der Waals surface area (Å²) in [6.07, 6.45) is 1.02. The van der Waals surface area contributed by atoms with Crippen molar-refractivity contribution in [3.05, 3.63) is 29.3 Å². The normalized spacial score (nSPS) is 12.0. The number of ether oxygens (including phenoxy) is 1. The van der Waals surface area contributed by atoms with Crippen molar-refractivity contribution in [1.29, 1.82) is 0 Å². The molecule has 0 aliphatic carbocycles. The monoisotopic (exact) mass is 251 g/mol. The Morgan fingerprint density at radius 1 is 1.50 bits per heavy atom. The van der Waals surface area contributed by atoms with Gasteiger partial charge in [0.1, 0.15) is 5.75 Å². The third-order valence-electron chi connectivity index (χ3n) is 2.92. The van der Waals surface area contributed by atoms with Crippen molar-refractivity contribution in [2.24, 2.45) is 0 Å². The van der Waals surface area contributed by atoms with Crippen molar-refractivity contribution in [1.82, 2.24) is 5.32 Å². The Labute approximate surface area is 108 Å². The van der Waals surface area contributed by atoms with Gasteiger partial charge in [-0.15, -0.1) is 0 Å². The molecule has 1 rings (SSSR count). The van der Waals surface area contributed by atoms with Crippen LogP contribution in [0.5, 0.6) is 5.75 Å². The van der Waals surface area contributed by atoms with Crippen LogP contribution in [0.15, 0.2) is 18.2 Å². The standard InChI is InChI=1S/C14H21NO3/c1-4-12(9-16)15-14(17)8-11-6-5-10(2)13(7-11)18-3/h5-7,12,16H,4,8-9H2,1-3H3,(H,15,17)/t12-/m0/s1. The highest BCUT2D eigenvalue weighted by Gasteiger charge is 2.10. The molecule has 4 nitrogen and oxygen atoms in total. The summed E-state index contributed by atoms with van der Waals surface area (Å²) in [5.41, 5.74) is 1.95. The Hall–Kier alpha value is -1.55. The molecule has 1 aromatic rings. The van der Waals surface area contributed by atoms with E-state index in [1.54, 1.807) is 7.11 Å². The summed E-state index contributed by atoms with van der Waals surface area (Å²) in [7, 11) is 1.62. The van der Waals surface area contributed by atoms with Crippen LogP contribution >= 0.6 is 0 Å². The number of rotatable bonds is 6. The van der Waals surface area contributed by atoms with Crippen LogP contribution in [0, 0.1) is 6.92 Å². The number of aliphatic hydroxyl groups is 1. The van der Waals surface area contributed by atoms with Crippen LogP contribution in [0.4, 0.5) is 0 Å². The fraction of sp³-hybridized carbons (Fsp3) is 0.500. The van der Waals surface area contributed by atoms with Crippen molar-refractivity contribution < 1.29 is 14.6 Å². The quantitative estimate of drug-likeness (QED) is 0.804. The Kier molecular flexibility index (Phi) is 5.65. The first kappa shape index (κ1) is 14.5. The molecule has 0 aromatic heterocycles. The molecule has 0 aliphatic rings. The highest BCUT2D eigenvalue weighted by Crippen LogP contribution is 2.19. The number of aryl methyl sites for hydroxylation is 1. The first-order valence-corrected chi connectivity index (χ1v) is 6.14. The summed E-state index contributed by atoms with van der Waals surface area (Å²) >= 11 is 0. The number of carbonyl (C=O) groups excluding carboxylic acids is 1. The molecule has 0 bridgehead atoms. The van der Waals surface area contributed by atoms with E-state index in [-0.39, 0.29) is 18.6 Å². The van der Waals surface area contributed by atoms with Crippen molar-refractivity contribution in [2.75, 3.05) is 13.7 Å². The lowest BCUT2D eigenvalue weighted by Crippen LogP contribution is -2.37. The van der Waals surface area contributed by atoms with Gasteiger partial charge in [0.05, 0.1) is 26.2 Å². The molecule has 1 amide bonds. The van der Waals surface area contributed by atoms with Crippen molar-refractivity contribution >= 4 is 5.91 Å². The van der Waals surface area contributed by atoms with Gasteiger partial charge < -0.3 is 15.2 Å². The Balaban J connectivity index is 2.64. The lowest BCUT2D eigenvalue weighted by atomic mass is 10.1. The van der Waals surface area contributed by atoms with E-state index in [1.807, 2.05) is 32.0 Å². The van der Waals surface area contributed by atoms with E-state index in [1.165, 1.54) is 0 Å². The van der Waals surface area contributed by atoms with Gasteiger partial charge >= 0.3 is 0 Å². The van der Waals surface area contributed by atoms with Crippen molar-refractivity contribution in [3.8, 4) is 5.75 Å². The Bertz CT molecular complexity index is 400. The van der Waals surface area contributed by atoms with Crippen LogP contribution in [0.25, 0.3) is 0 Å². The molecule has 0 aliphatic heterocycles. The molecule has 0 heterocycles. The predicted octanol–water partition coefficient (Wildman–Crippen LogP) is 1.43. The number of hydrogen-bond donors (Lipinski definition) is 2. The third-order valence-corrected chi connectivity index (χ3v) is 2.92. The first-order chi connectivity index (χ1) is 8.60. The van der Waals surface area contributed by atoms with Gasteiger partial charge in [-0.2, -0.15) is 0 Å². The molecular weight excluding hydrogens is 230 g/mol. The lowest BCUT2D eigenvalue weighted by Gasteiger charge is -2.14. The molecular formula is C14H21NO3. The summed E-state index contributed by atoms with van der Waals surface area (Å²) in [4.78, 5) is 11.8. The van der Waals surface area contributed by atoms with Gasteiger partial charge in [-0.05, 0) is 30.5 Å². The largest absolute Gasteiger partial charge is 0.496 e. The minimum Gasteiger partial charge on any atom is -0.496 e. The van der Waals surface area contributed by atoms with Gasteiger partial charge in [-0.25, -0.2) is 0 Å². The van der Waals surface area contributed by atoms with Gasteiger partial charge in [-0.1, -0.05) is 19.1 Å². The SMILES string of the molecule is CC[C@@H](CO)NC(=O)Cc1ccc(C)c(OC)c1. The van der Waals surface area contributed by atoms with E-state index >= 15 is 0 Å². The Morgan fingerprint density at radius 2 is 2.22 bits per heavy atom. The number of aliphatic hydroxyl groups excluding tert-OH is 1. The topological polar surface area (TPSA) is 58.6 Å². The molecule has 18 heavy (non-hydrogen) atoms. The fourth-order valence-corrected chi connectivity index (χ4v) is 1.72. The van der Waals surface area contributed by atoms with Crippen LogP contribution in [0.2, 0.25) is 0 Å². The number of hydrogen-bond acceptors (Lipinski definition) is 3.